The summed E-state index contributed by atoms with van der Waals surface area (Å²) in [5.41, 5.74) is 0. The molecule has 0 aromatic heterocycles. The number of hydrogen-bond acceptors (Lipinski definition) is 2. The Bertz CT molecular complexity index is 107. The summed E-state index contributed by atoms with van der Waals surface area (Å²) in [5, 5.41) is 4.23. The number of hydrogen-bond donors (Lipinski definition) is 0. The average Bonchev–Trinajstić information content (AvgIpc) is 2.14. The van der Waals surface area contributed by atoms with Crippen LogP contribution in [0.4, 0.5) is 4.39 Å². The molecule has 71 valence electrons. The fraction of sp³-hybridized carbons (Fsp3) is 1.00. The van der Waals surface area contributed by atoms with Crippen molar-refractivity contribution in [1.82, 2.24) is 10.2 Å². The molecule has 0 aromatic carbocycles. The highest BCUT2D eigenvalue weighted by atomic mass is 19.1. The van der Waals surface area contributed by atoms with Gasteiger partial charge in [0.25, 0.3) is 0 Å². The molecule has 1 heterocycles. The summed E-state index contributed by atoms with van der Waals surface area (Å²) in [5.74, 6) is 0. The van der Waals surface area contributed by atoms with Gasteiger partial charge in [-0.2, -0.15) is 0 Å². The predicted molar refractivity (Wildman–Crippen MR) is 45.1 cm³/mol. The quantitative estimate of drug-likeness (QED) is 0.545. The molecule has 0 N–H and O–H groups in total. The number of piperazine rings is 1. The second kappa shape index (κ2) is 6.34. The van der Waals surface area contributed by atoms with Crippen molar-refractivity contribution in [2.24, 2.45) is 0 Å². The first-order valence-electron chi connectivity index (χ1n) is 4.43. The summed E-state index contributed by atoms with van der Waals surface area (Å²) in [6, 6.07) is 0. The van der Waals surface area contributed by atoms with Gasteiger partial charge in [-0.05, 0) is 0 Å². The second-order valence-electron chi connectivity index (χ2n) is 2.81. The summed E-state index contributed by atoms with van der Waals surface area (Å²) in [6.07, 6.45) is 0. The zero-order valence-corrected chi connectivity index (χ0v) is 7.34. The number of halogens is 1. The van der Waals surface area contributed by atoms with E-state index in [0.717, 1.165) is 32.7 Å². The van der Waals surface area contributed by atoms with Gasteiger partial charge in [0.1, 0.15) is 6.67 Å². The largest absolute Gasteiger partial charge is 0.377 e. The van der Waals surface area contributed by atoms with Crippen LogP contribution in [0.15, 0.2) is 0 Å². The van der Waals surface area contributed by atoms with Crippen LogP contribution >= 0.6 is 0 Å². The lowest BCUT2D eigenvalue weighted by Crippen LogP contribution is -2.41. The third-order valence-electron chi connectivity index (χ3n) is 1.92. The molecule has 0 spiro atoms. The van der Waals surface area contributed by atoms with E-state index in [4.69, 9.17) is 4.74 Å². The van der Waals surface area contributed by atoms with Gasteiger partial charge in [-0.1, -0.05) is 0 Å². The molecule has 0 aliphatic carbocycles. The van der Waals surface area contributed by atoms with Crippen molar-refractivity contribution in [2.45, 2.75) is 0 Å². The predicted octanol–water partition coefficient (Wildman–Crippen LogP) is -0.107. The standard InChI is InChI=1S/C8H16FN2O/c9-1-7-12-8-6-11-4-2-10-3-5-11/h1-8H2. The Kier molecular flexibility index (Phi) is 5.23. The molecule has 0 bridgehead atoms. The Morgan fingerprint density at radius 3 is 2.67 bits per heavy atom. The summed E-state index contributed by atoms with van der Waals surface area (Å²) < 4.78 is 16.6. The van der Waals surface area contributed by atoms with Crippen molar-refractivity contribution >= 4 is 0 Å². The highest BCUT2D eigenvalue weighted by Crippen LogP contribution is 1.92. The molecule has 1 rings (SSSR count). The van der Waals surface area contributed by atoms with Gasteiger partial charge in [0.2, 0.25) is 0 Å². The van der Waals surface area contributed by atoms with Gasteiger partial charge in [-0.3, -0.25) is 4.90 Å². The second-order valence-corrected chi connectivity index (χ2v) is 2.81. The highest BCUT2D eigenvalue weighted by Gasteiger charge is 2.08. The Hall–Kier alpha value is -0.190. The molecule has 0 saturated carbocycles. The zero-order valence-electron chi connectivity index (χ0n) is 7.34. The van der Waals surface area contributed by atoms with E-state index in [1.165, 1.54) is 0 Å². The molecule has 1 radical (unpaired) electrons. The lowest BCUT2D eigenvalue weighted by Gasteiger charge is -2.25. The fourth-order valence-electron chi connectivity index (χ4n) is 1.22. The van der Waals surface area contributed by atoms with Crippen molar-refractivity contribution in [3.05, 3.63) is 0 Å². The van der Waals surface area contributed by atoms with Crippen LogP contribution in [0, 0.1) is 0 Å². The smallest absolute Gasteiger partial charge is 0.113 e. The summed E-state index contributed by atoms with van der Waals surface area (Å²) in [6.45, 7) is 5.33. The third-order valence-corrected chi connectivity index (χ3v) is 1.92. The van der Waals surface area contributed by atoms with Gasteiger partial charge >= 0.3 is 0 Å². The van der Waals surface area contributed by atoms with Crippen molar-refractivity contribution in [2.75, 3.05) is 52.6 Å². The Morgan fingerprint density at radius 2 is 2.00 bits per heavy atom. The minimum absolute atomic E-state index is 0.234. The molecular formula is C8H16FN2O. The highest BCUT2D eigenvalue weighted by molar-refractivity contribution is 4.66. The van der Waals surface area contributed by atoms with Crippen molar-refractivity contribution in [3.63, 3.8) is 0 Å². The van der Waals surface area contributed by atoms with Gasteiger partial charge in [-0.15, -0.1) is 0 Å². The number of alkyl halides is 1. The Morgan fingerprint density at radius 1 is 1.25 bits per heavy atom. The van der Waals surface area contributed by atoms with Crippen LogP contribution in [0.2, 0.25) is 0 Å². The van der Waals surface area contributed by atoms with Crippen LogP contribution in [0.25, 0.3) is 0 Å². The molecule has 3 nitrogen and oxygen atoms in total. The minimum Gasteiger partial charge on any atom is -0.377 e. The molecule has 1 aliphatic rings. The molecule has 0 amide bonds. The van der Waals surface area contributed by atoms with Crippen molar-refractivity contribution < 1.29 is 9.13 Å². The topological polar surface area (TPSA) is 26.6 Å². The van der Waals surface area contributed by atoms with E-state index in [2.05, 4.69) is 10.2 Å². The van der Waals surface area contributed by atoms with Crippen molar-refractivity contribution in [1.29, 1.82) is 0 Å². The lowest BCUT2D eigenvalue weighted by molar-refractivity contribution is 0.0890. The first-order chi connectivity index (χ1) is 5.93. The fourth-order valence-corrected chi connectivity index (χ4v) is 1.22. The SMILES string of the molecule is FCCOCCN1CC[N]CC1. The maximum Gasteiger partial charge on any atom is 0.113 e. The minimum atomic E-state index is -0.380. The van der Waals surface area contributed by atoms with Crippen LogP contribution in [0.5, 0.6) is 0 Å². The molecular weight excluding hydrogens is 159 g/mol. The molecule has 0 atom stereocenters. The van der Waals surface area contributed by atoms with Gasteiger partial charge in [0, 0.05) is 32.7 Å². The van der Waals surface area contributed by atoms with Crippen LogP contribution in [-0.4, -0.2) is 57.5 Å². The molecule has 1 aliphatic heterocycles. The monoisotopic (exact) mass is 175 g/mol. The normalized spacial score (nSPS) is 19.8. The molecule has 1 fully saturated rings. The van der Waals surface area contributed by atoms with Crippen LogP contribution < -0.4 is 5.32 Å². The third kappa shape index (κ3) is 3.99. The molecule has 1 saturated heterocycles. The average molecular weight is 175 g/mol. The van der Waals surface area contributed by atoms with Crippen molar-refractivity contribution in [3.8, 4) is 0 Å². The van der Waals surface area contributed by atoms with Gasteiger partial charge < -0.3 is 4.74 Å². The van der Waals surface area contributed by atoms with Crippen LogP contribution in [-0.2, 0) is 4.74 Å². The number of nitrogens with zero attached hydrogens (tertiary/aromatic N) is 2. The summed E-state index contributed by atoms with van der Waals surface area (Å²) >= 11 is 0. The molecule has 0 aromatic rings. The van der Waals surface area contributed by atoms with E-state index in [-0.39, 0.29) is 13.3 Å². The van der Waals surface area contributed by atoms with Crippen LogP contribution in [0.1, 0.15) is 0 Å². The van der Waals surface area contributed by atoms with E-state index in [9.17, 15) is 4.39 Å². The van der Waals surface area contributed by atoms with Gasteiger partial charge in [0.15, 0.2) is 0 Å². The van der Waals surface area contributed by atoms with E-state index >= 15 is 0 Å². The Labute approximate surface area is 72.9 Å². The van der Waals surface area contributed by atoms with E-state index in [0.29, 0.717) is 6.61 Å². The van der Waals surface area contributed by atoms with Gasteiger partial charge in [-0.25, -0.2) is 9.71 Å². The molecule has 4 heteroatoms. The van der Waals surface area contributed by atoms with E-state index in [1.807, 2.05) is 0 Å². The maximum absolute atomic E-state index is 11.6. The number of ether oxygens (including phenoxy) is 1. The lowest BCUT2D eigenvalue weighted by atomic mass is 10.4. The number of rotatable bonds is 5. The Balaban J connectivity index is 1.91. The van der Waals surface area contributed by atoms with E-state index in [1.54, 1.807) is 0 Å². The van der Waals surface area contributed by atoms with Crippen LogP contribution in [0.3, 0.4) is 0 Å². The first kappa shape index (κ1) is 9.89. The molecule has 0 unspecified atom stereocenters. The first-order valence-corrected chi connectivity index (χ1v) is 4.43. The molecule has 12 heavy (non-hydrogen) atoms. The summed E-state index contributed by atoms with van der Waals surface area (Å²) in [7, 11) is 0. The maximum atomic E-state index is 11.6. The summed E-state index contributed by atoms with van der Waals surface area (Å²) in [4.78, 5) is 2.30. The van der Waals surface area contributed by atoms with E-state index < -0.39 is 0 Å². The zero-order chi connectivity index (χ0) is 8.65. The van der Waals surface area contributed by atoms with Gasteiger partial charge in [0.05, 0.1) is 13.2 Å².